The summed E-state index contributed by atoms with van der Waals surface area (Å²) in [7, 11) is 0. The highest BCUT2D eigenvalue weighted by atomic mass is 16.6. The van der Waals surface area contributed by atoms with E-state index in [1.807, 2.05) is 48.5 Å². The van der Waals surface area contributed by atoms with Crippen LogP contribution < -0.4 is 5.32 Å². The third-order valence-corrected chi connectivity index (χ3v) is 6.22. The Hall–Kier alpha value is -3.34. The van der Waals surface area contributed by atoms with E-state index in [2.05, 4.69) is 16.5 Å². The van der Waals surface area contributed by atoms with Gasteiger partial charge in [0.05, 0.1) is 18.7 Å². The van der Waals surface area contributed by atoms with E-state index < -0.39 is 43.2 Å². The molecule has 5 N–H and O–H groups in total. The highest BCUT2D eigenvalue weighted by Crippen LogP contribution is 2.24. The molecule has 34 heavy (non-hydrogen) atoms. The van der Waals surface area contributed by atoms with Gasteiger partial charge in [-0.2, -0.15) is 5.10 Å². The molecule has 9 heteroatoms. The lowest BCUT2D eigenvalue weighted by Crippen LogP contribution is -2.64. The first-order chi connectivity index (χ1) is 16.5. The van der Waals surface area contributed by atoms with Crippen LogP contribution >= 0.6 is 0 Å². The molecular weight excluding hydrogens is 438 g/mol. The van der Waals surface area contributed by atoms with Crippen LogP contribution in [0.3, 0.4) is 0 Å². The SMILES string of the molecule is O=C(N[C@H]1C(O)O[C@H](CO)[C@@H](O)C1O)c1nn(Cc2ccc3ccccc3c2)c2ccccc12. The zero-order valence-corrected chi connectivity index (χ0v) is 18.2. The number of amides is 1. The normalized spacial score (nSPS) is 25.0. The van der Waals surface area contributed by atoms with Crippen LogP contribution in [0, 0.1) is 0 Å². The number of aliphatic hydroxyl groups excluding tert-OH is 4. The van der Waals surface area contributed by atoms with E-state index in [0.717, 1.165) is 21.9 Å². The zero-order chi connectivity index (χ0) is 23.8. The average molecular weight is 463 g/mol. The van der Waals surface area contributed by atoms with Crippen molar-refractivity contribution in [2.24, 2.45) is 0 Å². The van der Waals surface area contributed by atoms with Gasteiger partial charge in [0, 0.05) is 5.39 Å². The number of rotatable bonds is 5. The van der Waals surface area contributed by atoms with Crippen molar-refractivity contribution in [3.63, 3.8) is 0 Å². The second kappa shape index (κ2) is 9.13. The molecule has 4 aromatic rings. The van der Waals surface area contributed by atoms with Crippen molar-refractivity contribution in [2.45, 2.75) is 37.2 Å². The number of fused-ring (bicyclic) bond motifs is 2. The van der Waals surface area contributed by atoms with Crippen LogP contribution in [0.5, 0.6) is 0 Å². The van der Waals surface area contributed by atoms with E-state index >= 15 is 0 Å². The molecule has 2 unspecified atom stereocenters. The molecule has 5 atom stereocenters. The summed E-state index contributed by atoms with van der Waals surface area (Å²) in [6.07, 6.45) is -5.76. The molecular formula is C25H25N3O6. The highest BCUT2D eigenvalue weighted by molar-refractivity contribution is 6.05. The molecule has 0 spiro atoms. The van der Waals surface area contributed by atoms with Crippen molar-refractivity contribution >= 4 is 27.6 Å². The molecule has 1 aromatic heterocycles. The van der Waals surface area contributed by atoms with Crippen molar-refractivity contribution in [3.05, 3.63) is 78.0 Å². The summed E-state index contributed by atoms with van der Waals surface area (Å²) in [5.74, 6) is -0.630. The number of ether oxygens (including phenoxy) is 1. The summed E-state index contributed by atoms with van der Waals surface area (Å²) in [6, 6.07) is 20.2. The summed E-state index contributed by atoms with van der Waals surface area (Å²) in [5.41, 5.74) is 1.89. The Kier molecular flexibility index (Phi) is 6.03. The maximum atomic E-state index is 13.1. The number of aromatic nitrogens is 2. The van der Waals surface area contributed by atoms with Crippen LogP contribution in [0.2, 0.25) is 0 Å². The average Bonchev–Trinajstić information content (AvgIpc) is 3.22. The molecule has 2 heterocycles. The number of hydrogen-bond donors (Lipinski definition) is 5. The van der Waals surface area contributed by atoms with Gasteiger partial charge in [-0.1, -0.05) is 54.6 Å². The topological polar surface area (TPSA) is 137 Å². The van der Waals surface area contributed by atoms with Crippen molar-refractivity contribution in [1.29, 1.82) is 0 Å². The van der Waals surface area contributed by atoms with E-state index in [4.69, 9.17) is 4.74 Å². The summed E-state index contributed by atoms with van der Waals surface area (Å²) < 4.78 is 6.86. The first-order valence-electron chi connectivity index (χ1n) is 11.0. The van der Waals surface area contributed by atoms with Crippen LogP contribution in [0.4, 0.5) is 0 Å². The predicted octanol–water partition coefficient (Wildman–Crippen LogP) is 0.768. The van der Waals surface area contributed by atoms with Crippen molar-refractivity contribution in [1.82, 2.24) is 15.1 Å². The van der Waals surface area contributed by atoms with Crippen molar-refractivity contribution in [3.8, 4) is 0 Å². The lowest BCUT2D eigenvalue weighted by molar-refractivity contribution is -0.252. The molecule has 0 bridgehead atoms. The van der Waals surface area contributed by atoms with Crippen LogP contribution in [0.1, 0.15) is 16.1 Å². The molecule has 176 valence electrons. The van der Waals surface area contributed by atoms with Crippen molar-refractivity contribution in [2.75, 3.05) is 6.61 Å². The first-order valence-corrected chi connectivity index (χ1v) is 11.0. The van der Waals surface area contributed by atoms with Crippen LogP contribution in [-0.2, 0) is 11.3 Å². The predicted molar refractivity (Wildman–Crippen MR) is 124 cm³/mol. The number of hydrogen-bond acceptors (Lipinski definition) is 7. The Balaban J connectivity index is 1.43. The van der Waals surface area contributed by atoms with Gasteiger partial charge in [-0.25, -0.2) is 0 Å². The Morgan fingerprint density at radius 3 is 2.50 bits per heavy atom. The van der Waals surface area contributed by atoms with Gasteiger partial charge < -0.3 is 30.5 Å². The number of nitrogens with one attached hydrogen (secondary N) is 1. The van der Waals surface area contributed by atoms with Gasteiger partial charge in [-0.05, 0) is 28.5 Å². The monoisotopic (exact) mass is 463 g/mol. The maximum Gasteiger partial charge on any atom is 0.272 e. The minimum atomic E-state index is -1.61. The molecule has 1 aliphatic heterocycles. The molecule has 3 aromatic carbocycles. The quantitative estimate of drug-likeness (QED) is 0.295. The van der Waals surface area contributed by atoms with Gasteiger partial charge in [0.2, 0.25) is 0 Å². The van der Waals surface area contributed by atoms with Gasteiger partial charge in [0.25, 0.3) is 5.91 Å². The van der Waals surface area contributed by atoms with Gasteiger partial charge in [-0.3, -0.25) is 9.48 Å². The third-order valence-electron chi connectivity index (χ3n) is 6.22. The van der Waals surface area contributed by atoms with Crippen LogP contribution in [-0.4, -0.2) is 73.4 Å². The summed E-state index contributed by atoms with van der Waals surface area (Å²) >= 11 is 0. The van der Waals surface area contributed by atoms with E-state index in [1.165, 1.54) is 0 Å². The largest absolute Gasteiger partial charge is 0.394 e. The van der Waals surface area contributed by atoms with Gasteiger partial charge in [-0.15, -0.1) is 0 Å². The van der Waals surface area contributed by atoms with Gasteiger partial charge >= 0.3 is 0 Å². The Bertz CT molecular complexity index is 1340. The first kappa shape index (κ1) is 22.5. The highest BCUT2D eigenvalue weighted by Gasteiger charge is 2.44. The minimum absolute atomic E-state index is 0.120. The zero-order valence-electron chi connectivity index (χ0n) is 18.2. The maximum absolute atomic E-state index is 13.1. The molecule has 0 saturated carbocycles. The molecule has 1 fully saturated rings. The standard InChI is InChI=1S/C25H25N3O6/c29-13-19-22(30)23(31)21(25(33)34-19)26-24(32)20-17-7-3-4-8-18(17)28(27-20)12-14-9-10-15-5-1-2-6-16(15)11-14/h1-11,19,21-23,25,29-31,33H,12-13H2,(H,26,32)/t19-,21-,22-,23?,25?/m1/s1. The Morgan fingerprint density at radius 1 is 0.971 bits per heavy atom. The number of carbonyl (C=O) groups excluding carboxylic acids is 1. The Labute approximate surface area is 194 Å². The van der Waals surface area contributed by atoms with Gasteiger partial charge in [0.1, 0.15) is 24.4 Å². The van der Waals surface area contributed by atoms with E-state index in [0.29, 0.717) is 11.9 Å². The summed E-state index contributed by atoms with van der Waals surface area (Å²) in [4.78, 5) is 13.1. The fourth-order valence-corrected chi connectivity index (χ4v) is 4.40. The van der Waals surface area contributed by atoms with Crippen molar-refractivity contribution < 1.29 is 30.0 Å². The third kappa shape index (κ3) is 4.04. The second-order valence-electron chi connectivity index (χ2n) is 8.43. The lowest BCUT2D eigenvalue weighted by Gasteiger charge is -2.40. The molecule has 0 aliphatic carbocycles. The fourth-order valence-electron chi connectivity index (χ4n) is 4.40. The summed E-state index contributed by atoms with van der Waals surface area (Å²) in [5, 5.41) is 49.8. The van der Waals surface area contributed by atoms with E-state index in [1.54, 1.807) is 16.8 Å². The van der Waals surface area contributed by atoms with Crippen LogP contribution in [0.15, 0.2) is 66.7 Å². The smallest absolute Gasteiger partial charge is 0.272 e. The second-order valence-corrected chi connectivity index (χ2v) is 8.43. The van der Waals surface area contributed by atoms with E-state index in [9.17, 15) is 25.2 Å². The minimum Gasteiger partial charge on any atom is -0.394 e. The Morgan fingerprint density at radius 2 is 1.71 bits per heavy atom. The van der Waals surface area contributed by atoms with Gasteiger partial charge in [0.15, 0.2) is 12.0 Å². The molecule has 9 nitrogen and oxygen atoms in total. The molecule has 1 aliphatic rings. The molecule has 1 saturated heterocycles. The number of aliphatic hydroxyl groups is 4. The summed E-state index contributed by atoms with van der Waals surface area (Å²) in [6.45, 7) is -0.146. The van der Waals surface area contributed by atoms with Crippen LogP contribution in [0.25, 0.3) is 21.7 Å². The number of carbonyl (C=O) groups is 1. The molecule has 1 amide bonds. The molecule has 0 radical (unpaired) electrons. The number of benzene rings is 3. The lowest BCUT2D eigenvalue weighted by atomic mass is 9.97. The molecule has 5 rings (SSSR count). The fraction of sp³-hybridized carbons (Fsp3) is 0.280. The number of para-hydroxylation sites is 1. The number of nitrogens with zero attached hydrogens (tertiary/aromatic N) is 2. The van der Waals surface area contributed by atoms with E-state index in [-0.39, 0.29) is 5.69 Å².